The highest BCUT2D eigenvalue weighted by atomic mass is 16.5. The molecule has 0 saturated heterocycles. The van der Waals surface area contributed by atoms with E-state index in [0.29, 0.717) is 12.4 Å². The molecule has 0 bridgehead atoms. The molecule has 0 unspecified atom stereocenters. The molecule has 0 aliphatic rings. The summed E-state index contributed by atoms with van der Waals surface area (Å²) < 4.78 is 10.8. The maximum Gasteiger partial charge on any atom is 0.216 e. The van der Waals surface area contributed by atoms with Gasteiger partial charge in [0.05, 0.1) is 6.20 Å². The first-order valence-electron chi connectivity index (χ1n) is 8.25. The fourth-order valence-corrected chi connectivity index (χ4v) is 2.15. The molecule has 1 aromatic carbocycles. The van der Waals surface area contributed by atoms with E-state index in [1.807, 2.05) is 19.1 Å². The van der Waals surface area contributed by atoms with Crippen LogP contribution in [0.2, 0.25) is 0 Å². The molecular weight excluding hydrogens is 304 g/mol. The largest absolute Gasteiger partial charge is 0.439 e. The van der Waals surface area contributed by atoms with Gasteiger partial charge in [-0.1, -0.05) is 29.8 Å². The summed E-state index contributed by atoms with van der Waals surface area (Å²) in [6, 6.07) is 8.18. The number of nitrogens with one attached hydrogen (secondary N) is 2. The highest BCUT2D eigenvalue weighted by Crippen LogP contribution is 2.20. The molecule has 130 valence electrons. The number of hydrogen-bond donors (Lipinski definition) is 2. The van der Waals surface area contributed by atoms with Crippen molar-refractivity contribution in [2.45, 2.75) is 26.8 Å². The number of aliphatic imine (C=N–C) groups is 1. The fourth-order valence-electron chi connectivity index (χ4n) is 2.15. The molecule has 24 heavy (non-hydrogen) atoms. The number of hydrogen-bond acceptors (Lipinski definition) is 4. The molecule has 0 fully saturated rings. The van der Waals surface area contributed by atoms with E-state index in [9.17, 15) is 0 Å². The Kier molecular flexibility index (Phi) is 7.29. The molecule has 2 rings (SSSR count). The molecule has 0 aliphatic carbocycles. The second-order valence-corrected chi connectivity index (χ2v) is 5.45. The third kappa shape index (κ3) is 5.70. The molecule has 0 amide bonds. The topological polar surface area (TPSA) is 71.7 Å². The number of ether oxygens (including phenoxy) is 1. The summed E-state index contributed by atoms with van der Waals surface area (Å²) in [5.74, 6) is 2.11. The minimum atomic E-state index is 0.394. The van der Waals surface area contributed by atoms with Gasteiger partial charge in [0.1, 0.15) is 6.54 Å². The van der Waals surface area contributed by atoms with E-state index in [1.54, 1.807) is 13.3 Å². The second kappa shape index (κ2) is 9.72. The predicted molar refractivity (Wildman–Crippen MR) is 96.0 cm³/mol. The van der Waals surface area contributed by atoms with Gasteiger partial charge >= 0.3 is 0 Å². The molecule has 0 saturated carbocycles. The molecule has 1 aromatic heterocycles. The monoisotopic (exact) mass is 330 g/mol. The summed E-state index contributed by atoms with van der Waals surface area (Å²) in [5.41, 5.74) is 2.24. The summed E-state index contributed by atoms with van der Waals surface area (Å²) in [5, 5.41) is 6.46. The quantitative estimate of drug-likeness (QED) is 0.442. The lowest BCUT2D eigenvalue weighted by atomic mass is 10.1. The number of methoxy groups -OCH3 is 1. The van der Waals surface area contributed by atoms with Crippen molar-refractivity contribution in [1.29, 1.82) is 0 Å². The van der Waals surface area contributed by atoms with Crippen LogP contribution in [-0.4, -0.2) is 37.7 Å². The lowest BCUT2D eigenvalue weighted by molar-refractivity contribution is 0.195. The second-order valence-electron chi connectivity index (χ2n) is 5.45. The van der Waals surface area contributed by atoms with Crippen molar-refractivity contribution in [3.63, 3.8) is 0 Å². The van der Waals surface area contributed by atoms with Crippen molar-refractivity contribution in [3.8, 4) is 11.3 Å². The zero-order valence-corrected chi connectivity index (χ0v) is 14.6. The van der Waals surface area contributed by atoms with E-state index >= 15 is 0 Å². The number of rotatable bonds is 8. The third-order valence-corrected chi connectivity index (χ3v) is 3.42. The summed E-state index contributed by atoms with van der Waals surface area (Å²) in [6.07, 6.45) is 2.67. The Balaban J connectivity index is 1.94. The Labute approximate surface area is 143 Å². The molecule has 0 atom stereocenters. The Hall–Kier alpha value is -2.34. The van der Waals surface area contributed by atoms with E-state index in [1.165, 1.54) is 5.56 Å². The van der Waals surface area contributed by atoms with E-state index in [2.05, 4.69) is 39.7 Å². The van der Waals surface area contributed by atoms with Crippen molar-refractivity contribution in [2.75, 3.05) is 26.8 Å². The van der Waals surface area contributed by atoms with Gasteiger partial charge < -0.3 is 19.8 Å². The standard InChI is InChI=1S/C18H26N4O2/c1-4-19-18(20-10-5-11-23-3)22-13-17-21-12-16(24-17)15-8-6-14(2)7-9-15/h6-9,12H,4-5,10-11,13H2,1-3H3,(H2,19,20,22). The highest BCUT2D eigenvalue weighted by Gasteiger charge is 2.06. The van der Waals surface area contributed by atoms with Crippen LogP contribution in [0.15, 0.2) is 39.9 Å². The predicted octanol–water partition coefficient (Wildman–Crippen LogP) is 2.74. The molecule has 0 radical (unpaired) electrons. The molecule has 6 heteroatoms. The van der Waals surface area contributed by atoms with Gasteiger partial charge in [0.2, 0.25) is 5.89 Å². The van der Waals surface area contributed by atoms with Crippen LogP contribution >= 0.6 is 0 Å². The lowest BCUT2D eigenvalue weighted by Gasteiger charge is -2.10. The van der Waals surface area contributed by atoms with Gasteiger partial charge in [-0.25, -0.2) is 9.98 Å². The van der Waals surface area contributed by atoms with E-state index < -0.39 is 0 Å². The van der Waals surface area contributed by atoms with Crippen molar-refractivity contribution in [2.24, 2.45) is 4.99 Å². The van der Waals surface area contributed by atoms with Crippen LogP contribution in [0.1, 0.15) is 24.8 Å². The summed E-state index contributed by atoms with van der Waals surface area (Å²) in [6.45, 7) is 6.83. The Morgan fingerprint density at radius 2 is 2.04 bits per heavy atom. The van der Waals surface area contributed by atoms with Crippen LogP contribution < -0.4 is 10.6 Å². The molecule has 6 nitrogen and oxygen atoms in total. The number of guanidine groups is 1. The van der Waals surface area contributed by atoms with Gasteiger partial charge in [-0.05, 0) is 20.3 Å². The summed E-state index contributed by atoms with van der Waals surface area (Å²) in [7, 11) is 1.70. The first-order valence-corrected chi connectivity index (χ1v) is 8.25. The average molecular weight is 330 g/mol. The van der Waals surface area contributed by atoms with Gasteiger partial charge in [-0.2, -0.15) is 0 Å². The number of oxazole rings is 1. The smallest absolute Gasteiger partial charge is 0.216 e. The first kappa shape index (κ1) is 18.0. The normalized spacial score (nSPS) is 11.5. The van der Waals surface area contributed by atoms with Gasteiger partial charge in [0.15, 0.2) is 11.7 Å². The maximum absolute atomic E-state index is 5.79. The van der Waals surface area contributed by atoms with E-state index in [0.717, 1.165) is 43.4 Å². The molecule has 0 spiro atoms. The van der Waals surface area contributed by atoms with Crippen molar-refractivity contribution < 1.29 is 9.15 Å². The van der Waals surface area contributed by atoms with Crippen LogP contribution in [0.3, 0.4) is 0 Å². The van der Waals surface area contributed by atoms with Crippen LogP contribution in [0.25, 0.3) is 11.3 Å². The van der Waals surface area contributed by atoms with Gasteiger partial charge in [-0.3, -0.25) is 0 Å². The minimum absolute atomic E-state index is 0.394. The van der Waals surface area contributed by atoms with E-state index in [4.69, 9.17) is 9.15 Å². The Morgan fingerprint density at radius 1 is 1.25 bits per heavy atom. The van der Waals surface area contributed by atoms with Crippen LogP contribution in [-0.2, 0) is 11.3 Å². The minimum Gasteiger partial charge on any atom is -0.439 e. The number of aryl methyl sites for hydroxylation is 1. The molecule has 2 N–H and O–H groups in total. The molecule has 0 aliphatic heterocycles. The summed E-state index contributed by atoms with van der Waals surface area (Å²) in [4.78, 5) is 8.81. The molecular formula is C18H26N4O2. The van der Waals surface area contributed by atoms with Crippen molar-refractivity contribution in [3.05, 3.63) is 41.9 Å². The van der Waals surface area contributed by atoms with Crippen LogP contribution in [0.5, 0.6) is 0 Å². The van der Waals surface area contributed by atoms with Crippen LogP contribution in [0.4, 0.5) is 0 Å². The van der Waals surface area contributed by atoms with Crippen LogP contribution in [0, 0.1) is 6.92 Å². The number of nitrogens with zero attached hydrogens (tertiary/aromatic N) is 2. The molecule has 2 aromatic rings. The van der Waals surface area contributed by atoms with E-state index in [-0.39, 0.29) is 0 Å². The zero-order chi connectivity index (χ0) is 17.2. The van der Waals surface area contributed by atoms with Gasteiger partial charge in [-0.15, -0.1) is 0 Å². The Morgan fingerprint density at radius 3 is 2.75 bits per heavy atom. The maximum atomic E-state index is 5.79. The van der Waals surface area contributed by atoms with Crippen molar-refractivity contribution in [1.82, 2.24) is 15.6 Å². The number of benzene rings is 1. The van der Waals surface area contributed by atoms with Crippen molar-refractivity contribution >= 4 is 5.96 Å². The average Bonchev–Trinajstić information content (AvgIpc) is 3.06. The first-order chi connectivity index (χ1) is 11.7. The zero-order valence-electron chi connectivity index (χ0n) is 14.6. The lowest BCUT2D eigenvalue weighted by Crippen LogP contribution is -2.38. The summed E-state index contributed by atoms with van der Waals surface area (Å²) >= 11 is 0. The number of aromatic nitrogens is 1. The highest BCUT2D eigenvalue weighted by molar-refractivity contribution is 5.79. The fraction of sp³-hybridized carbons (Fsp3) is 0.444. The Bertz CT molecular complexity index is 635. The van der Waals surface area contributed by atoms with Gasteiger partial charge in [0, 0.05) is 32.4 Å². The SMILES string of the molecule is CCNC(=NCc1ncc(-c2ccc(C)cc2)o1)NCCCOC. The van der Waals surface area contributed by atoms with Gasteiger partial charge in [0.25, 0.3) is 0 Å². The molecule has 1 heterocycles. The third-order valence-electron chi connectivity index (χ3n) is 3.42.